The molecule has 5 nitrogen and oxygen atoms in total. The molecule has 2 saturated heterocycles. The molecule has 4 rings (SSSR count). The summed E-state index contributed by atoms with van der Waals surface area (Å²) in [6.07, 6.45) is 0. The van der Waals surface area contributed by atoms with Crippen LogP contribution in [0.5, 0.6) is 0 Å². The number of thiocarbonyl (C=S) groups is 1. The van der Waals surface area contributed by atoms with Gasteiger partial charge in [0.1, 0.15) is 0 Å². The van der Waals surface area contributed by atoms with Crippen molar-refractivity contribution in [2.45, 2.75) is 12.1 Å². The molecule has 0 bridgehead atoms. The van der Waals surface area contributed by atoms with Gasteiger partial charge in [-0.25, -0.2) is 13.4 Å². The van der Waals surface area contributed by atoms with Crippen molar-refractivity contribution in [1.82, 2.24) is 10.3 Å². The molecule has 9 heteroatoms. The minimum absolute atomic E-state index is 0.112. The van der Waals surface area contributed by atoms with Crippen molar-refractivity contribution in [2.24, 2.45) is 0 Å². The van der Waals surface area contributed by atoms with Crippen molar-refractivity contribution in [3.63, 3.8) is 0 Å². The number of benzene rings is 1. The van der Waals surface area contributed by atoms with Gasteiger partial charge in [0.25, 0.3) is 0 Å². The summed E-state index contributed by atoms with van der Waals surface area (Å²) < 4.78 is 23.7. The van der Waals surface area contributed by atoms with E-state index in [4.69, 9.17) is 23.8 Å². The molecular weight excluding hydrogens is 374 g/mol. The van der Waals surface area contributed by atoms with E-state index in [1.807, 2.05) is 34.5 Å². The highest BCUT2D eigenvalue weighted by Crippen LogP contribution is 2.34. The van der Waals surface area contributed by atoms with Crippen molar-refractivity contribution < 1.29 is 8.42 Å². The summed E-state index contributed by atoms with van der Waals surface area (Å²) in [4.78, 5) is 6.47. The second-order valence-corrected chi connectivity index (χ2v) is 9.41. The first kappa shape index (κ1) is 15.3. The van der Waals surface area contributed by atoms with Crippen LogP contribution in [0.15, 0.2) is 29.6 Å². The van der Waals surface area contributed by atoms with Gasteiger partial charge in [0.15, 0.2) is 20.1 Å². The summed E-state index contributed by atoms with van der Waals surface area (Å²) in [6.45, 7) is 0. The summed E-state index contributed by atoms with van der Waals surface area (Å²) in [5.41, 5.74) is 1.79. The molecule has 0 spiro atoms. The molecule has 0 aliphatic carbocycles. The minimum atomic E-state index is -3.02. The Balaban J connectivity index is 1.66. The lowest BCUT2D eigenvalue weighted by atomic mass is 10.2. The normalized spacial score (nSPS) is 25.4. The zero-order valence-corrected chi connectivity index (χ0v) is 15.0. The van der Waals surface area contributed by atoms with Gasteiger partial charge in [-0.2, -0.15) is 0 Å². The first-order chi connectivity index (χ1) is 10.9. The third-order valence-electron chi connectivity index (χ3n) is 4.02. The van der Waals surface area contributed by atoms with E-state index in [9.17, 15) is 8.42 Å². The van der Waals surface area contributed by atoms with E-state index in [0.29, 0.717) is 10.1 Å². The maximum Gasteiger partial charge on any atom is 0.192 e. The van der Waals surface area contributed by atoms with Gasteiger partial charge >= 0.3 is 0 Å². The summed E-state index contributed by atoms with van der Waals surface area (Å²) in [5.74, 6) is 0.240. The Bertz CT molecular complexity index is 879. The molecule has 0 unspecified atom stereocenters. The molecule has 2 aliphatic rings. The van der Waals surface area contributed by atoms with Gasteiger partial charge < -0.3 is 5.32 Å². The quantitative estimate of drug-likeness (QED) is 0.800. The molecule has 0 saturated carbocycles. The van der Waals surface area contributed by atoms with E-state index in [1.165, 1.54) is 11.3 Å². The fraction of sp³-hybridized carbons (Fsp3) is 0.286. The predicted octanol–water partition coefficient (Wildman–Crippen LogP) is 2.32. The Morgan fingerprint density at radius 3 is 2.78 bits per heavy atom. The van der Waals surface area contributed by atoms with Crippen molar-refractivity contribution >= 4 is 55.2 Å². The number of sulfone groups is 1. The molecular formula is C14H12ClN3O2S3. The molecule has 1 N–H and O–H groups in total. The summed E-state index contributed by atoms with van der Waals surface area (Å²) in [7, 11) is -3.02. The Morgan fingerprint density at radius 1 is 1.30 bits per heavy atom. The smallest absolute Gasteiger partial charge is 0.192 e. The summed E-state index contributed by atoms with van der Waals surface area (Å²) in [6, 6.07) is 7.14. The van der Waals surface area contributed by atoms with Gasteiger partial charge in [-0.05, 0) is 24.4 Å². The maximum atomic E-state index is 11.8. The van der Waals surface area contributed by atoms with E-state index >= 15 is 0 Å². The molecule has 1 aromatic carbocycles. The Morgan fingerprint density at radius 2 is 2.04 bits per heavy atom. The fourth-order valence-corrected chi connectivity index (χ4v) is 6.30. The van der Waals surface area contributed by atoms with Gasteiger partial charge in [-0.15, -0.1) is 11.3 Å². The van der Waals surface area contributed by atoms with Crippen LogP contribution in [0.25, 0.3) is 11.3 Å². The van der Waals surface area contributed by atoms with Crippen LogP contribution < -0.4 is 10.2 Å². The Kier molecular flexibility index (Phi) is 3.60. The van der Waals surface area contributed by atoms with E-state index in [2.05, 4.69) is 10.3 Å². The van der Waals surface area contributed by atoms with Crippen molar-refractivity contribution in [3.05, 3.63) is 34.7 Å². The van der Waals surface area contributed by atoms with Crippen LogP contribution in [-0.4, -0.2) is 42.1 Å². The van der Waals surface area contributed by atoms with Crippen LogP contribution in [0.2, 0.25) is 5.02 Å². The SMILES string of the molecule is O=S1(=O)C[C@H]2NC(=S)N(c3nc(-c4ccc(Cl)cc4)cs3)[C@H]2C1. The van der Waals surface area contributed by atoms with Gasteiger partial charge in [0, 0.05) is 16.0 Å². The average Bonchev–Trinajstić information content (AvgIpc) is 3.12. The number of fused-ring (bicyclic) bond motifs is 1. The topological polar surface area (TPSA) is 62.3 Å². The van der Waals surface area contributed by atoms with Gasteiger partial charge in [0.2, 0.25) is 0 Å². The lowest BCUT2D eigenvalue weighted by Gasteiger charge is -2.19. The number of hydrogen-bond donors (Lipinski definition) is 1. The number of nitrogens with one attached hydrogen (secondary N) is 1. The van der Waals surface area contributed by atoms with Crippen LogP contribution in [0.3, 0.4) is 0 Å². The molecule has 120 valence electrons. The lowest BCUT2D eigenvalue weighted by Crippen LogP contribution is -2.36. The number of anilines is 1. The Labute approximate surface area is 148 Å². The molecule has 2 aromatic rings. The highest BCUT2D eigenvalue weighted by molar-refractivity contribution is 7.91. The number of rotatable bonds is 2. The van der Waals surface area contributed by atoms with Crippen LogP contribution in [0.1, 0.15) is 0 Å². The Hall–Kier alpha value is -1.22. The first-order valence-corrected chi connectivity index (χ1v) is 10.4. The molecule has 2 fully saturated rings. The average molecular weight is 386 g/mol. The fourth-order valence-electron chi connectivity index (χ4n) is 2.96. The highest BCUT2D eigenvalue weighted by atomic mass is 35.5. The second-order valence-electron chi connectivity index (χ2n) is 5.59. The van der Waals surface area contributed by atoms with Gasteiger partial charge in [-0.3, -0.25) is 4.90 Å². The number of aromatic nitrogens is 1. The number of halogens is 1. The van der Waals surface area contributed by atoms with E-state index < -0.39 is 9.84 Å². The molecule has 0 radical (unpaired) electrons. The van der Waals surface area contributed by atoms with Crippen molar-refractivity contribution in [3.8, 4) is 11.3 Å². The highest BCUT2D eigenvalue weighted by Gasteiger charge is 2.48. The van der Waals surface area contributed by atoms with Crippen molar-refractivity contribution in [1.29, 1.82) is 0 Å². The van der Waals surface area contributed by atoms with E-state index in [1.54, 1.807) is 0 Å². The summed E-state index contributed by atoms with van der Waals surface area (Å²) >= 11 is 12.7. The zero-order valence-electron chi connectivity index (χ0n) is 11.8. The number of thiazole rings is 1. The molecule has 2 atom stereocenters. The molecule has 23 heavy (non-hydrogen) atoms. The molecule has 3 heterocycles. The minimum Gasteiger partial charge on any atom is -0.356 e. The number of hydrogen-bond acceptors (Lipinski definition) is 5. The lowest BCUT2D eigenvalue weighted by molar-refractivity contribution is 0.600. The second kappa shape index (κ2) is 5.41. The van der Waals surface area contributed by atoms with Gasteiger partial charge in [0.05, 0.1) is 29.3 Å². The van der Waals surface area contributed by atoms with Crippen LogP contribution in [0.4, 0.5) is 5.13 Å². The molecule has 0 amide bonds. The first-order valence-electron chi connectivity index (χ1n) is 6.94. The van der Waals surface area contributed by atoms with Crippen molar-refractivity contribution in [2.75, 3.05) is 16.4 Å². The maximum absolute atomic E-state index is 11.8. The van der Waals surface area contributed by atoms with Crippen LogP contribution in [-0.2, 0) is 9.84 Å². The van der Waals surface area contributed by atoms with E-state index in [-0.39, 0.29) is 23.6 Å². The standard InChI is InChI=1S/C14H12ClN3O2S3/c15-9-3-1-8(2-4-9)10-5-22-14(17-10)18-12-7-23(19,20)6-11(12)16-13(18)21/h1-5,11-12H,6-7H2,(H,16,21)/t11-,12+/m1/s1. The van der Waals surface area contributed by atoms with E-state index in [0.717, 1.165) is 16.4 Å². The van der Waals surface area contributed by atoms with Crippen LogP contribution >= 0.6 is 35.2 Å². The third kappa shape index (κ3) is 2.73. The predicted molar refractivity (Wildman–Crippen MR) is 97.0 cm³/mol. The molecule has 1 aromatic heterocycles. The van der Waals surface area contributed by atoms with Gasteiger partial charge in [-0.1, -0.05) is 23.7 Å². The largest absolute Gasteiger partial charge is 0.356 e. The summed E-state index contributed by atoms with van der Waals surface area (Å²) in [5, 5.41) is 6.99. The molecule has 2 aliphatic heterocycles. The zero-order chi connectivity index (χ0) is 16.2. The van der Waals surface area contributed by atoms with Crippen LogP contribution in [0, 0.1) is 0 Å². The third-order valence-corrected chi connectivity index (χ3v) is 7.14. The number of nitrogens with zero attached hydrogens (tertiary/aromatic N) is 2. The monoisotopic (exact) mass is 385 g/mol.